The highest BCUT2D eigenvalue weighted by atomic mass is 19.1. The minimum absolute atomic E-state index is 0.0265. The molecule has 2 rings (SSSR count). The van der Waals surface area contributed by atoms with Crippen LogP contribution in [0.1, 0.15) is 25.3 Å². The molecule has 1 aliphatic carbocycles. The predicted molar refractivity (Wildman–Crippen MR) is 79.4 cm³/mol. The summed E-state index contributed by atoms with van der Waals surface area (Å²) in [7, 11) is 0. The van der Waals surface area contributed by atoms with Gasteiger partial charge in [-0.3, -0.25) is 9.59 Å². The average molecular weight is 308 g/mol. The molecule has 22 heavy (non-hydrogen) atoms. The standard InChI is InChI=1S/C16H21FN2O3/c1-10(20)14(19-15(21)12-5-6-12)16(22)18-8-7-11-3-2-4-13(17)9-11/h2-4,9-10,12,14,20H,5-8H2,1H3,(H,18,22)(H,19,21). The van der Waals surface area contributed by atoms with Crippen molar-refractivity contribution in [3.63, 3.8) is 0 Å². The molecule has 1 aliphatic rings. The Balaban J connectivity index is 1.81. The molecule has 1 aromatic rings. The largest absolute Gasteiger partial charge is 0.391 e. The van der Waals surface area contributed by atoms with Crippen LogP contribution in [0.15, 0.2) is 24.3 Å². The minimum Gasteiger partial charge on any atom is -0.391 e. The molecule has 5 nitrogen and oxygen atoms in total. The number of aliphatic hydroxyl groups excluding tert-OH is 1. The second-order valence-corrected chi connectivity index (χ2v) is 5.67. The normalized spacial score (nSPS) is 16.7. The quantitative estimate of drug-likeness (QED) is 0.696. The summed E-state index contributed by atoms with van der Waals surface area (Å²) < 4.78 is 13.0. The fraction of sp³-hybridized carbons (Fsp3) is 0.500. The summed E-state index contributed by atoms with van der Waals surface area (Å²) in [6.45, 7) is 1.77. The van der Waals surface area contributed by atoms with Crippen LogP contribution in [-0.2, 0) is 16.0 Å². The van der Waals surface area contributed by atoms with E-state index < -0.39 is 18.1 Å². The van der Waals surface area contributed by atoms with E-state index in [4.69, 9.17) is 0 Å². The molecule has 1 fully saturated rings. The molecule has 1 aromatic carbocycles. The maximum Gasteiger partial charge on any atom is 0.245 e. The molecule has 2 unspecified atom stereocenters. The fourth-order valence-corrected chi connectivity index (χ4v) is 2.15. The molecule has 0 saturated heterocycles. The Labute approximate surface area is 128 Å². The molecule has 0 aliphatic heterocycles. The van der Waals surface area contributed by atoms with Crippen molar-refractivity contribution in [2.75, 3.05) is 6.54 Å². The molecule has 1 saturated carbocycles. The van der Waals surface area contributed by atoms with Crippen molar-refractivity contribution in [2.24, 2.45) is 5.92 Å². The third kappa shape index (κ3) is 4.80. The number of halogens is 1. The number of benzene rings is 1. The number of hydrogen-bond acceptors (Lipinski definition) is 3. The van der Waals surface area contributed by atoms with Crippen LogP contribution >= 0.6 is 0 Å². The van der Waals surface area contributed by atoms with Crippen molar-refractivity contribution >= 4 is 11.8 Å². The fourth-order valence-electron chi connectivity index (χ4n) is 2.15. The molecule has 0 radical (unpaired) electrons. The van der Waals surface area contributed by atoms with E-state index in [-0.39, 0.29) is 17.6 Å². The van der Waals surface area contributed by atoms with Crippen LogP contribution in [0, 0.1) is 11.7 Å². The van der Waals surface area contributed by atoms with E-state index in [1.165, 1.54) is 19.1 Å². The number of carbonyl (C=O) groups excluding carboxylic acids is 2. The Hall–Kier alpha value is -1.95. The van der Waals surface area contributed by atoms with Gasteiger partial charge in [-0.25, -0.2) is 4.39 Å². The summed E-state index contributed by atoms with van der Waals surface area (Å²) in [5, 5.41) is 14.9. The highest BCUT2D eigenvalue weighted by molar-refractivity contribution is 5.89. The third-order valence-electron chi connectivity index (χ3n) is 3.61. The van der Waals surface area contributed by atoms with Crippen molar-refractivity contribution in [3.8, 4) is 0 Å². The van der Waals surface area contributed by atoms with Gasteiger partial charge in [0.15, 0.2) is 0 Å². The first-order valence-electron chi connectivity index (χ1n) is 7.48. The molecule has 0 aromatic heterocycles. The lowest BCUT2D eigenvalue weighted by Crippen LogP contribution is -2.53. The summed E-state index contributed by atoms with van der Waals surface area (Å²) in [6, 6.07) is 5.20. The maximum atomic E-state index is 13.0. The number of nitrogens with one attached hydrogen (secondary N) is 2. The lowest BCUT2D eigenvalue weighted by Gasteiger charge is -2.20. The molecule has 0 spiro atoms. The van der Waals surface area contributed by atoms with Crippen molar-refractivity contribution in [3.05, 3.63) is 35.6 Å². The van der Waals surface area contributed by atoms with Gasteiger partial charge in [0, 0.05) is 12.5 Å². The average Bonchev–Trinajstić information content (AvgIpc) is 3.28. The Morgan fingerprint density at radius 2 is 2.14 bits per heavy atom. The number of rotatable bonds is 7. The Morgan fingerprint density at radius 3 is 2.73 bits per heavy atom. The van der Waals surface area contributed by atoms with Gasteiger partial charge in [-0.15, -0.1) is 0 Å². The van der Waals surface area contributed by atoms with E-state index in [0.29, 0.717) is 13.0 Å². The first-order chi connectivity index (χ1) is 10.5. The summed E-state index contributed by atoms with van der Waals surface area (Å²) in [6.07, 6.45) is 1.17. The molecule has 3 N–H and O–H groups in total. The summed E-state index contributed by atoms with van der Waals surface area (Å²) >= 11 is 0. The van der Waals surface area contributed by atoms with Crippen LogP contribution < -0.4 is 10.6 Å². The maximum absolute atomic E-state index is 13.0. The van der Waals surface area contributed by atoms with Crippen LogP contribution in [0.2, 0.25) is 0 Å². The van der Waals surface area contributed by atoms with Gasteiger partial charge in [-0.05, 0) is 43.9 Å². The van der Waals surface area contributed by atoms with E-state index in [9.17, 15) is 19.1 Å². The van der Waals surface area contributed by atoms with E-state index in [0.717, 1.165) is 18.4 Å². The van der Waals surface area contributed by atoms with Gasteiger partial charge >= 0.3 is 0 Å². The molecule has 0 heterocycles. The third-order valence-corrected chi connectivity index (χ3v) is 3.61. The highest BCUT2D eigenvalue weighted by Crippen LogP contribution is 2.28. The zero-order valence-corrected chi connectivity index (χ0v) is 12.5. The van der Waals surface area contributed by atoms with Gasteiger partial charge in [0.25, 0.3) is 0 Å². The smallest absolute Gasteiger partial charge is 0.245 e. The molecular formula is C16H21FN2O3. The lowest BCUT2D eigenvalue weighted by molar-refractivity contribution is -0.132. The number of amides is 2. The lowest BCUT2D eigenvalue weighted by atomic mass is 10.1. The van der Waals surface area contributed by atoms with Crippen molar-refractivity contribution < 1.29 is 19.1 Å². The van der Waals surface area contributed by atoms with Crippen molar-refractivity contribution in [2.45, 2.75) is 38.3 Å². The summed E-state index contributed by atoms with van der Waals surface area (Å²) in [5.41, 5.74) is 0.774. The van der Waals surface area contributed by atoms with Crippen LogP contribution in [0.3, 0.4) is 0 Å². The zero-order valence-electron chi connectivity index (χ0n) is 12.5. The van der Waals surface area contributed by atoms with E-state index in [2.05, 4.69) is 10.6 Å². The van der Waals surface area contributed by atoms with Gasteiger partial charge in [0.2, 0.25) is 11.8 Å². The van der Waals surface area contributed by atoms with Gasteiger partial charge in [0.1, 0.15) is 11.9 Å². The first-order valence-corrected chi connectivity index (χ1v) is 7.48. The topological polar surface area (TPSA) is 78.4 Å². The second-order valence-electron chi connectivity index (χ2n) is 5.67. The molecule has 6 heteroatoms. The molecule has 2 atom stereocenters. The van der Waals surface area contributed by atoms with Gasteiger partial charge < -0.3 is 15.7 Å². The second kappa shape index (κ2) is 7.35. The molecule has 2 amide bonds. The van der Waals surface area contributed by atoms with Crippen molar-refractivity contribution in [1.82, 2.24) is 10.6 Å². The highest BCUT2D eigenvalue weighted by Gasteiger charge is 2.34. The van der Waals surface area contributed by atoms with E-state index >= 15 is 0 Å². The van der Waals surface area contributed by atoms with Crippen LogP contribution in [0.4, 0.5) is 4.39 Å². The Kier molecular flexibility index (Phi) is 5.49. The van der Waals surface area contributed by atoms with Crippen LogP contribution in [0.25, 0.3) is 0 Å². The van der Waals surface area contributed by atoms with Crippen molar-refractivity contribution in [1.29, 1.82) is 0 Å². The SMILES string of the molecule is CC(O)C(NC(=O)C1CC1)C(=O)NCCc1cccc(F)c1. The molecule has 120 valence electrons. The molecule has 0 bridgehead atoms. The van der Waals surface area contributed by atoms with Gasteiger partial charge in [0.05, 0.1) is 6.10 Å². The first kappa shape index (κ1) is 16.4. The van der Waals surface area contributed by atoms with Gasteiger partial charge in [-0.1, -0.05) is 12.1 Å². The Morgan fingerprint density at radius 1 is 1.41 bits per heavy atom. The van der Waals surface area contributed by atoms with Crippen LogP contribution in [-0.4, -0.2) is 35.6 Å². The van der Waals surface area contributed by atoms with Gasteiger partial charge in [-0.2, -0.15) is 0 Å². The van der Waals surface area contributed by atoms with Crippen LogP contribution in [0.5, 0.6) is 0 Å². The summed E-state index contributed by atoms with van der Waals surface area (Å²) in [5.74, 6) is -0.963. The molecular weight excluding hydrogens is 287 g/mol. The Bertz CT molecular complexity index is 544. The number of aliphatic hydroxyl groups is 1. The minimum atomic E-state index is -0.975. The number of hydrogen-bond donors (Lipinski definition) is 3. The monoisotopic (exact) mass is 308 g/mol. The number of carbonyl (C=O) groups is 2. The zero-order chi connectivity index (χ0) is 16.1. The predicted octanol–water partition coefficient (Wildman–Crippen LogP) is 0.760. The summed E-state index contributed by atoms with van der Waals surface area (Å²) in [4.78, 5) is 23.8. The van der Waals surface area contributed by atoms with E-state index in [1.54, 1.807) is 12.1 Å². The van der Waals surface area contributed by atoms with E-state index in [1.807, 2.05) is 0 Å².